The molecule has 0 aromatic carbocycles. The summed E-state index contributed by atoms with van der Waals surface area (Å²) in [5.41, 5.74) is 0. The topological polar surface area (TPSA) is 88.9 Å². The molecule has 1 aromatic rings. The van der Waals surface area contributed by atoms with Crippen molar-refractivity contribution in [3.63, 3.8) is 0 Å². The molecule has 1 fully saturated rings. The molecule has 17 heavy (non-hydrogen) atoms. The first kappa shape index (κ1) is 12.5. The van der Waals surface area contributed by atoms with Crippen LogP contribution in [0.1, 0.15) is 12.8 Å². The number of aromatic nitrogens is 3. The summed E-state index contributed by atoms with van der Waals surface area (Å²) in [5, 5.41) is 10.3. The van der Waals surface area contributed by atoms with E-state index in [2.05, 4.69) is 20.4 Å². The normalized spacial score (nSPS) is 18.4. The summed E-state index contributed by atoms with van der Waals surface area (Å²) >= 11 is 0. The van der Waals surface area contributed by atoms with Gasteiger partial charge >= 0.3 is 0 Å². The molecule has 2 rings (SSSR count). The fraction of sp³-hybridized carbons (Fsp3) is 0.778. The predicted octanol–water partition coefficient (Wildman–Crippen LogP) is -1.05. The Morgan fingerprint density at radius 3 is 2.82 bits per heavy atom. The van der Waals surface area contributed by atoms with Crippen molar-refractivity contribution < 1.29 is 8.42 Å². The molecule has 1 aromatic heterocycles. The van der Waals surface area contributed by atoms with Crippen molar-refractivity contribution in [2.75, 3.05) is 19.6 Å². The average Bonchev–Trinajstić information content (AvgIpc) is 2.83. The fourth-order valence-electron chi connectivity index (χ4n) is 1.88. The van der Waals surface area contributed by atoms with E-state index in [1.54, 1.807) is 17.1 Å². The van der Waals surface area contributed by atoms with E-state index in [4.69, 9.17) is 0 Å². The van der Waals surface area contributed by atoms with Gasteiger partial charge in [0.25, 0.3) is 0 Å². The average molecular weight is 259 g/mol. The summed E-state index contributed by atoms with van der Waals surface area (Å²) in [5.74, 6) is 0. The Morgan fingerprint density at radius 2 is 2.18 bits per heavy atom. The molecule has 0 saturated carbocycles. The largest absolute Gasteiger partial charge is 0.317 e. The number of hydrogen-bond acceptors (Lipinski definition) is 5. The maximum Gasteiger partial charge on any atom is 0.214 e. The van der Waals surface area contributed by atoms with Gasteiger partial charge in [0.05, 0.1) is 18.0 Å². The van der Waals surface area contributed by atoms with Crippen molar-refractivity contribution in [1.29, 1.82) is 0 Å². The molecule has 2 N–H and O–H groups in total. The van der Waals surface area contributed by atoms with E-state index < -0.39 is 10.0 Å². The van der Waals surface area contributed by atoms with Gasteiger partial charge in [0.2, 0.25) is 10.0 Å². The van der Waals surface area contributed by atoms with Crippen molar-refractivity contribution in [3.05, 3.63) is 12.4 Å². The summed E-state index contributed by atoms with van der Waals surface area (Å²) < 4.78 is 28.1. The van der Waals surface area contributed by atoms with Crippen LogP contribution in [-0.2, 0) is 16.6 Å². The van der Waals surface area contributed by atoms with Crippen molar-refractivity contribution in [3.8, 4) is 0 Å². The van der Waals surface area contributed by atoms with Gasteiger partial charge in [-0.25, -0.2) is 13.1 Å². The molecule has 0 bridgehead atoms. The van der Waals surface area contributed by atoms with E-state index in [9.17, 15) is 8.42 Å². The number of sulfonamides is 1. The zero-order valence-corrected chi connectivity index (χ0v) is 10.4. The van der Waals surface area contributed by atoms with Gasteiger partial charge in [0.15, 0.2) is 0 Å². The van der Waals surface area contributed by atoms with Crippen LogP contribution in [0.4, 0.5) is 0 Å². The highest BCUT2D eigenvalue weighted by molar-refractivity contribution is 7.90. The number of nitrogens with zero attached hydrogens (tertiary/aromatic N) is 3. The number of piperidine rings is 1. The first-order valence-electron chi connectivity index (χ1n) is 5.72. The van der Waals surface area contributed by atoms with Gasteiger partial charge in [-0.2, -0.15) is 0 Å². The highest BCUT2D eigenvalue weighted by atomic mass is 32.2. The second kappa shape index (κ2) is 5.56. The van der Waals surface area contributed by atoms with Crippen LogP contribution in [0.25, 0.3) is 0 Å². The lowest BCUT2D eigenvalue weighted by atomic mass is 10.2. The molecule has 1 aliphatic rings. The van der Waals surface area contributed by atoms with Crippen LogP contribution in [0, 0.1) is 0 Å². The van der Waals surface area contributed by atoms with Gasteiger partial charge in [0, 0.05) is 12.7 Å². The molecule has 0 unspecified atom stereocenters. The van der Waals surface area contributed by atoms with E-state index in [0.717, 1.165) is 13.1 Å². The molecule has 1 aliphatic heterocycles. The van der Waals surface area contributed by atoms with Gasteiger partial charge in [-0.15, -0.1) is 5.10 Å². The van der Waals surface area contributed by atoms with E-state index in [0.29, 0.717) is 25.9 Å². The third-order valence-corrected chi connectivity index (χ3v) is 4.80. The van der Waals surface area contributed by atoms with Gasteiger partial charge in [0.1, 0.15) is 0 Å². The standard InChI is InChI=1S/C9H17N5O2S/c15-17(16,9-1-3-10-4-2-9)12-6-8-14-7-5-11-13-14/h5,7,9-10,12H,1-4,6,8H2. The molecule has 7 nitrogen and oxygen atoms in total. The van der Waals surface area contributed by atoms with Crippen molar-refractivity contribution in [2.24, 2.45) is 0 Å². The summed E-state index contributed by atoms with van der Waals surface area (Å²) in [6, 6.07) is 0. The second-order valence-electron chi connectivity index (χ2n) is 4.05. The molecule has 0 radical (unpaired) electrons. The van der Waals surface area contributed by atoms with Crippen LogP contribution in [-0.4, -0.2) is 48.3 Å². The van der Waals surface area contributed by atoms with Crippen molar-refractivity contribution >= 4 is 10.0 Å². The Hall–Kier alpha value is -0.990. The maximum absolute atomic E-state index is 11.9. The lowest BCUT2D eigenvalue weighted by Gasteiger charge is -2.22. The minimum atomic E-state index is -3.19. The van der Waals surface area contributed by atoms with Gasteiger partial charge in [-0.05, 0) is 25.9 Å². The zero-order chi connectivity index (χ0) is 12.1. The lowest BCUT2D eigenvalue weighted by molar-refractivity contribution is 0.485. The van der Waals surface area contributed by atoms with Crippen LogP contribution in [0.3, 0.4) is 0 Å². The number of nitrogens with one attached hydrogen (secondary N) is 2. The minimum absolute atomic E-state index is 0.264. The summed E-state index contributed by atoms with van der Waals surface area (Å²) in [7, 11) is -3.19. The third kappa shape index (κ3) is 3.48. The second-order valence-corrected chi connectivity index (χ2v) is 6.10. The van der Waals surface area contributed by atoms with Crippen LogP contribution in [0.15, 0.2) is 12.4 Å². The Bertz CT molecular complexity index is 424. The fourth-order valence-corrected chi connectivity index (χ4v) is 3.35. The van der Waals surface area contributed by atoms with Gasteiger partial charge < -0.3 is 5.32 Å². The van der Waals surface area contributed by atoms with E-state index in [-0.39, 0.29) is 5.25 Å². The summed E-state index contributed by atoms with van der Waals surface area (Å²) in [6.07, 6.45) is 4.64. The Morgan fingerprint density at radius 1 is 1.41 bits per heavy atom. The molecular formula is C9H17N5O2S. The van der Waals surface area contributed by atoms with Crippen molar-refractivity contribution in [1.82, 2.24) is 25.0 Å². The number of hydrogen-bond donors (Lipinski definition) is 2. The first-order valence-corrected chi connectivity index (χ1v) is 7.26. The van der Waals surface area contributed by atoms with E-state index >= 15 is 0 Å². The minimum Gasteiger partial charge on any atom is -0.317 e. The Labute approximate surface area is 101 Å². The predicted molar refractivity (Wildman–Crippen MR) is 62.8 cm³/mol. The van der Waals surface area contributed by atoms with E-state index in [1.165, 1.54) is 0 Å². The van der Waals surface area contributed by atoms with Crippen LogP contribution >= 0.6 is 0 Å². The molecule has 96 valence electrons. The maximum atomic E-state index is 11.9. The Kier molecular flexibility index (Phi) is 4.08. The van der Waals surface area contributed by atoms with Crippen LogP contribution < -0.4 is 10.0 Å². The summed E-state index contributed by atoms with van der Waals surface area (Å²) in [6.45, 7) is 2.41. The molecule has 0 amide bonds. The highest BCUT2D eigenvalue weighted by Crippen LogP contribution is 2.11. The van der Waals surface area contributed by atoms with Crippen LogP contribution in [0.5, 0.6) is 0 Å². The molecule has 0 spiro atoms. The quantitative estimate of drug-likeness (QED) is 0.704. The molecular weight excluding hydrogens is 242 g/mol. The molecule has 1 saturated heterocycles. The smallest absolute Gasteiger partial charge is 0.214 e. The highest BCUT2D eigenvalue weighted by Gasteiger charge is 2.26. The molecule has 0 aliphatic carbocycles. The zero-order valence-electron chi connectivity index (χ0n) is 9.54. The number of rotatable bonds is 5. The van der Waals surface area contributed by atoms with Gasteiger partial charge in [-0.1, -0.05) is 5.21 Å². The van der Waals surface area contributed by atoms with E-state index in [1.807, 2.05) is 0 Å². The SMILES string of the molecule is O=S(=O)(NCCn1ccnn1)C1CCNCC1. The Balaban J connectivity index is 1.80. The van der Waals surface area contributed by atoms with Gasteiger partial charge in [-0.3, -0.25) is 4.68 Å². The molecule has 8 heteroatoms. The summed E-state index contributed by atoms with van der Waals surface area (Å²) in [4.78, 5) is 0. The third-order valence-electron chi connectivity index (χ3n) is 2.84. The monoisotopic (exact) mass is 259 g/mol. The molecule has 0 atom stereocenters. The lowest BCUT2D eigenvalue weighted by Crippen LogP contribution is -2.42. The molecule has 2 heterocycles. The first-order chi connectivity index (χ1) is 8.18. The van der Waals surface area contributed by atoms with Crippen LogP contribution in [0.2, 0.25) is 0 Å². The van der Waals surface area contributed by atoms with Crippen molar-refractivity contribution in [2.45, 2.75) is 24.6 Å².